The van der Waals surface area contributed by atoms with Gasteiger partial charge in [-0.15, -0.1) is 0 Å². The standard InChI is InChI=1S/C23H22ClN7OS/c1-13-14-9-16(10-14)30(20(13)12-26-23-29-18-3-2-6-25-21(18)33-23)22(32)17-11-15(24)4-5-19(17)31-27-7-8-28-31/h2-8,11,13-14,16,20H,9-10,12H2,1H3,(H,26,29). The summed E-state index contributed by atoms with van der Waals surface area (Å²) >= 11 is 7.84. The molecule has 2 unspecified atom stereocenters. The van der Waals surface area contributed by atoms with Gasteiger partial charge in [-0.2, -0.15) is 15.0 Å². The largest absolute Gasteiger partial charge is 0.359 e. The Labute approximate surface area is 199 Å². The number of carbonyl (C=O) groups excluding carboxylic acids is 1. The van der Waals surface area contributed by atoms with Gasteiger partial charge in [-0.1, -0.05) is 29.9 Å². The molecule has 10 heteroatoms. The minimum atomic E-state index is -0.0300. The van der Waals surface area contributed by atoms with Crippen LogP contribution < -0.4 is 5.32 Å². The van der Waals surface area contributed by atoms with Crippen LogP contribution in [0.2, 0.25) is 5.02 Å². The van der Waals surface area contributed by atoms with Crippen molar-refractivity contribution in [2.75, 3.05) is 11.9 Å². The van der Waals surface area contributed by atoms with Crippen LogP contribution in [0.4, 0.5) is 5.13 Å². The van der Waals surface area contributed by atoms with Crippen LogP contribution >= 0.6 is 22.9 Å². The lowest BCUT2D eigenvalue weighted by Crippen LogP contribution is -2.64. The Morgan fingerprint density at radius 3 is 2.82 bits per heavy atom. The van der Waals surface area contributed by atoms with Gasteiger partial charge in [0, 0.05) is 23.8 Å². The maximum Gasteiger partial charge on any atom is 0.256 e. The molecule has 2 atom stereocenters. The second-order valence-corrected chi connectivity index (χ2v) is 10.1. The van der Waals surface area contributed by atoms with E-state index in [1.807, 2.05) is 12.1 Å². The average molecular weight is 480 g/mol. The Balaban J connectivity index is 1.31. The van der Waals surface area contributed by atoms with Gasteiger partial charge in [0.25, 0.3) is 5.91 Å². The monoisotopic (exact) mass is 479 g/mol. The smallest absolute Gasteiger partial charge is 0.256 e. The first kappa shape index (κ1) is 20.6. The number of hydrogen-bond acceptors (Lipinski definition) is 7. The van der Waals surface area contributed by atoms with Crippen molar-refractivity contribution in [1.29, 1.82) is 0 Å². The summed E-state index contributed by atoms with van der Waals surface area (Å²) < 4.78 is 0. The van der Waals surface area contributed by atoms with E-state index in [1.165, 1.54) is 16.1 Å². The normalized spacial score (nSPS) is 24.0. The number of carbonyl (C=O) groups is 1. The third kappa shape index (κ3) is 3.55. The van der Waals surface area contributed by atoms with E-state index in [2.05, 4.69) is 37.3 Å². The SMILES string of the molecule is CC1C2CC(C2)N(C(=O)c2cc(Cl)ccc2-n2nccn2)C1CNc1nc2cccnc2s1. The van der Waals surface area contributed by atoms with E-state index in [4.69, 9.17) is 11.6 Å². The molecule has 1 N–H and O–H groups in total. The number of anilines is 1. The fraction of sp³-hybridized carbons (Fsp3) is 0.348. The number of halogens is 1. The van der Waals surface area contributed by atoms with Gasteiger partial charge >= 0.3 is 0 Å². The van der Waals surface area contributed by atoms with Crippen LogP contribution in [0, 0.1) is 11.8 Å². The molecule has 3 aromatic heterocycles. The molecule has 3 fully saturated rings. The molecular weight excluding hydrogens is 458 g/mol. The Kier molecular flexibility index (Phi) is 5.03. The van der Waals surface area contributed by atoms with Gasteiger partial charge in [0.15, 0.2) is 5.13 Å². The van der Waals surface area contributed by atoms with Gasteiger partial charge in [-0.05, 0) is 55.0 Å². The van der Waals surface area contributed by atoms with Crippen molar-refractivity contribution in [2.45, 2.75) is 31.8 Å². The van der Waals surface area contributed by atoms with Crippen molar-refractivity contribution in [2.24, 2.45) is 11.8 Å². The average Bonchev–Trinajstić information content (AvgIpc) is 3.46. The van der Waals surface area contributed by atoms with Crippen molar-refractivity contribution in [3.05, 3.63) is 59.5 Å². The third-order valence-corrected chi connectivity index (χ3v) is 8.11. The van der Waals surface area contributed by atoms with Crippen LogP contribution in [0.15, 0.2) is 48.9 Å². The topological polar surface area (TPSA) is 88.8 Å². The molecule has 0 radical (unpaired) electrons. The zero-order valence-corrected chi connectivity index (χ0v) is 19.5. The van der Waals surface area contributed by atoms with Gasteiger partial charge in [-0.3, -0.25) is 4.79 Å². The summed E-state index contributed by atoms with van der Waals surface area (Å²) in [5, 5.41) is 13.3. The number of amides is 1. The van der Waals surface area contributed by atoms with Crippen molar-refractivity contribution < 1.29 is 4.79 Å². The summed E-state index contributed by atoms with van der Waals surface area (Å²) in [7, 11) is 0. The maximum atomic E-state index is 14.0. The molecule has 168 valence electrons. The van der Waals surface area contributed by atoms with E-state index in [-0.39, 0.29) is 18.0 Å². The molecule has 33 heavy (non-hydrogen) atoms. The molecule has 1 saturated carbocycles. The van der Waals surface area contributed by atoms with E-state index in [9.17, 15) is 4.79 Å². The molecule has 2 bridgehead atoms. The number of rotatable bonds is 5. The summed E-state index contributed by atoms with van der Waals surface area (Å²) in [5.41, 5.74) is 2.03. The fourth-order valence-electron chi connectivity index (χ4n) is 5.10. The summed E-state index contributed by atoms with van der Waals surface area (Å²) in [6.07, 6.45) is 7.07. The van der Waals surface area contributed by atoms with Gasteiger partial charge in [0.05, 0.1) is 29.7 Å². The molecule has 1 aromatic carbocycles. The zero-order valence-electron chi connectivity index (χ0n) is 17.9. The van der Waals surface area contributed by atoms with E-state index in [1.54, 1.807) is 36.8 Å². The lowest BCUT2D eigenvalue weighted by atomic mass is 9.64. The van der Waals surface area contributed by atoms with Gasteiger partial charge in [0.2, 0.25) is 0 Å². The van der Waals surface area contributed by atoms with Gasteiger partial charge in [0.1, 0.15) is 10.3 Å². The zero-order chi connectivity index (χ0) is 22.5. The molecule has 1 aliphatic carbocycles. The van der Waals surface area contributed by atoms with Crippen LogP contribution in [-0.2, 0) is 0 Å². The van der Waals surface area contributed by atoms with Gasteiger partial charge in [-0.25, -0.2) is 9.97 Å². The fourth-order valence-corrected chi connectivity index (χ4v) is 6.08. The van der Waals surface area contributed by atoms with E-state index in [0.717, 1.165) is 28.3 Å². The number of fused-ring (bicyclic) bond motifs is 3. The number of thiazole rings is 1. The van der Waals surface area contributed by atoms with Gasteiger partial charge < -0.3 is 10.2 Å². The third-order valence-electron chi connectivity index (χ3n) is 6.94. The highest BCUT2D eigenvalue weighted by Crippen LogP contribution is 2.47. The van der Waals surface area contributed by atoms with Crippen LogP contribution in [0.3, 0.4) is 0 Å². The Morgan fingerprint density at radius 2 is 2.03 bits per heavy atom. The molecule has 8 nitrogen and oxygen atoms in total. The molecular formula is C23H22ClN7OS. The van der Waals surface area contributed by atoms with Crippen LogP contribution in [0.5, 0.6) is 0 Å². The predicted molar refractivity (Wildman–Crippen MR) is 128 cm³/mol. The molecule has 4 aromatic rings. The Morgan fingerprint density at radius 1 is 1.21 bits per heavy atom. The summed E-state index contributed by atoms with van der Waals surface area (Å²) in [6.45, 7) is 2.89. The minimum Gasteiger partial charge on any atom is -0.359 e. The van der Waals surface area contributed by atoms with Crippen molar-refractivity contribution in [1.82, 2.24) is 29.9 Å². The first-order valence-electron chi connectivity index (χ1n) is 11.0. The summed E-state index contributed by atoms with van der Waals surface area (Å²) in [4.78, 5) is 27.4. The lowest BCUT2D eigenvalue weighted by Gasteiger charge is -2.57. The number of aromatic nitrogens is 5. The Bertz CT molecular complexity index is 1280. The first-order valence-corrected chi connectivity index (χ1v) is 12.2. The van der Waals surface area contributed by atoms with Crippen molar-refractivity contribution in [3.8, 4) is 5.69 Å². The molecule has 5 heterocycles. The predicted octanol–water partition coefficient (Wildman–Crippen LogP) is 4.28. The van der Waals surface area contributed by atoms with E-state index < -0.39 is 0 Å². The van der Waals surface area contributed by atoms with Crippen LogP contribution in [-0.4, -0.2) is 54.4 Å². The van der Waals surface area contributed by atoms with Crippen LogP contribution in [0.25, 0.3) is 16.0 Å². The molecule has 7 rings (SSSR count). The molecule has 2 aliphatic heterocycles. The highest BCUT2D eigenvalue weighted by Gasteiger charge is 2.50. The second-order valence-electron chi connectivity index (χ2n) is 8.73. The quantitative estimate of drug-likeness (QED) is 0.459. The number of piperidine rings is 2. The number of hydrogen-bond donors (Lipinski definition) is 1. The highest BCUT2D eigenvalue weighted by molar-refractivity contribution is 7.21. The maximum absolute atomic E-state index is 14.0. The first-order chi connectivity index (χ1) is 16.1. The lowest BCUT2D eigenvalue weighted by molar-refractivity contribution is -0.0502. The highest BCUT2D eigenvalue weighted by atomic mass is 35.5. The van der Waals surface area contributed by atoms with E-state index >= 15 is 0 Å². The molecule has 1 amide bonds. The Hall–Kier alpha value is -3.04. The minimum absolute atomic E-state index is 0.0300. The summed E-state index contributed by atoms with van der Waals surface area (Å²) in [5.74, 6) is 0.997. The van der Waals surface area contributed by atoms with E-state index in [0.29, 0.717) is 34.7 Å². The molecule has 2 saturated heterocycles. The second kappa shape index (κ2) is 8.07. The summed E-state index contributed by atoms with van der Waals surface area (Å²) in [6, 6.07) is 9.42. The molecule has 0 spiro atoms. The number of benzene rings is 1. The number of nitrogens with one attached hydrogen (secondary N) is 1. The number of nitrogens with zero attached hydrogens (tertiary/aromatic N) is 6. The van der Waals surface area contributed by atoms with Crippen molar-refractivity contribution in [3.63, 3.8) is 0 Å². The molecule has 3 aliphatic rings. The van der Waals surface area contributed by atoms with Crippen LogP contribution in [0.1, 0.15) is 30.1 Å². The van der Waals surface area contributed by atoms with Crippen molar-refractivity contribution >= 4 is 44.3 Å². The number of pyridine rings is 1.